The van der Waals surface area contributed by atoms with Gasteiger partial charge in [-0.15, -0.1) is 0 Å². The van der Waals surface area contributed by atoms with Gasteiger partial charge in [0.15, 0.2) is 0 Å². The summed E-state index contributed by atoms with van der Waals surface area (Å²) in [5.41, 5.74) is 0. The SMILES string of the molecule is CC(CNc1ncncc1I)N1CCCCC1. The van der Waals surface area contributed by atoms with Crippen LogP contribution >= 0.6 is 22.6 Å². The van der Waals surface area contributed by atoms with E-state index in [-0.39, 0.29) is 0 Å². The molecule has 17 heavy (non-hydrogen) atoms. The van der Waals surface area contributed by atoms with E-state index >= 15 is 0 Å². The molecule has 1 atom stereocenters. The quantitative estimate of drug-likeness (QED) is 0.850. The van der Waals surface area contributed by atoms with E-state index in [2.05, 4.69) is 49.7 Å². The van der Waals surface area contributed by atoms with Crippen molar-refractivity contribution < 1.29 is 0 Å². The average molecular weight is 346 g/mol. The number of hydrogen-bond donors (Lipinski definition) is 1. The van der Waals surface area contributed by atoms with E-state index in [0.717, 1.165) is 15.9 Å². The molecule has 0 radical (unpaired) electrons. The van der Waals surface area contributed by atoms with Crippen molar-refractivity contribution in [2.24, 2.45) is 0 Å². The number of rotatable bonds is 4. The first-order valence-corrected chi connectivity index (χ1v) is 7.28. The Hall–Kier alpha value is -0.430. The molecule has 0 bridgehead atoms. The Kier molecular flexibility index (Phi) is 4.97. The lowest BCUT2D eigenvalue weighted by Gasteiger charge is -2.32. The average Bonchev–Trinajstić information content (AvgIpc) is 2.38. The van der Waals surface area contributed by atoms with Crippen LogP contribution in [0.1, 0.15) is 26.2 Å². The predicted molar refractivity (Wildman–Crippen MR) is 78.1 cm³/mol. The van der Waals surface area contributed by atoms with Crippen molar-refractivity contribution in [3.05, 3.63) is 16.1 Å². The molecule has 2 heterocycles. The molecule has 2 rings (SSSR count). The molecular formula is C12H19IN4. The van der Waals surface area contributed by atoms with E-state index in [1.807, 2.05) is 6.20 Å². The summed E-state index contributed by atoms with van der Waals surface area (Å²) in [7, 11) is 0. The van der Waals surface area contributed by atoms with Gasteiger partial charge in [-0.3, -0.25) is 4.90 Å². The molecule has 0 saturated carbocycles. The first kappa shape index (κ1) is 13.0. The lowest BCUT2D eigenvalue weighted by Crippen LogP contribution is -2.41. The second-order valence-corrected chi connectivity index (χ2v) is 5.71. The van der Waals surface area contributed by atoms with Crippen LogP contribution in [0.15, 0.2) is 12.5 Å². The highest BCUT2D eigenvalue weighted by Crippen LogP contribution is 2.15. The highest BCUT2D eigenvalue weighted by atomic mass is 127. The van der Waals surface area contributed by atoms with Gasteiger partial charge in [0.1, 0.15) is 12.1 Å². The smallest absolute Gasteiger partial charge is 0.142 e. The van der Waals surface area contributed by atoms with Crippen LogP contribution in [0.25, 0.3) is 0 Å². The van der Waals surface area contributed by atoms with Gasteiger partial charge in [0.2, 0.25) is 0 Å². The lowest BCUT2D eigenvalue weighted by atomic mass is 10.1. The summed E-state index contributed by atoms with van der Waals surface area (Å²) in [6.45, 7) is 5.72. The fourth-order valence-electron chi connectivity index (χ4n) is 2.18. The summed E-state index contributed by atoms with van der Waals surface area (Å²) in [6, 6.07) is 0.570. The zero-order valence-electron chi connectivity index (χ0n) is 10.2. The number of nitrogens with one attached hydrogen (secondary N) is 1. The van der Waals surface area contributed by atoms with Crippen LogP contribution in [-0.4, -0.2) is 40.5 Å². The van der Waals surface area contributed by atoms with Crippen molar-refractivity contribution in [1.82, 2.24) is 14.9 Å². The molecular weight excluding hydrogens is 327 g/mol. The van der Waals surface area contributed by atoms with Crippen LogP contribution in [0, 0.1) is 3.57 Å². The Labute approximate surface area is 116 Å². The first-order chi connectivity index (χ1) is 8.27. The molecule has 0 aromatic carbocycles. The number of aromatic nitrogens is 2. The largest absolute Gasteiger partial charge is 0.368 e. The van der Waals surface area contributed by atoms with Crippen LogP contribution in [0.2, 0.25) is 0 Å². The molecule has 1 fully saturated rings. The van der Waals surface area contributed by atoms with Gasteiger partial charge in [0, 0.05) is 18.8 Å². The number of halogens is 1. The molecule has 1 aliphatic heterocycles. The molecule has 0 aliphatic carbocycles. The summed E-state index contributed by atoms with van der Waals surface area (Å²) in [5.74, 6) is 0.949. The van der Waals surface area contributed by atoms with Gasteiger partial charge < -0.3 is 5.32 Å². The van der Waals surface area contributed by atoms with Crippen LogP contribution in [0.5, 0.6) is 0 Å². The second kappa shape index (κ2) is 6.49. The van der Waals surface area contributed by atoms with Crippen molar-refractivity contribution in [3.63, 3.8) is 0 Å². The summed E-state index contributed by atoms with van der Waals surface area (Å²) >= 11 is 2.26. The maximum Gasteiger partial charge on any atom is 0.142 e. The van der Waals surface area contributed by atoms with E-state index in [1.54, 1.807) is 6.33 Å². The molecule has 1 aromatic heterocycles. The molecule has 1 aromatic rings. The van der Waals surface area contributed by atoms with Crippen molar-refractivity contribution in [1.29, 1.82) is 0 Å². The van der Waals surface area contributed by atoms with Crippen LogP contribution in [0.3, 0.4) is 0 Å². The summed E-state index contributed by atoms with van der Waals surface area (Å²) < 4.78 is 1.08. The summed E-state index contributed by atoms with van der Waals surface area (Å²) in [5, 5.41) is 3.41. The van der Waals surface area contributed by atoms with Crippen LogP contribution in [0.4, 0.5) is 5.82 Å². The highest BCUT2D eigenvalue weighted by molar-refractivity contribution is 14.1. The first-order valence-electron chi connectivity index (χ1n) is 6.21. The van der Waals surface area contributed by atoms with Crippen molar-refractivity contribution in [2.75, 3.05) is 25.0 Å². The number of hydrogen-bond acceptors (Lipinski definition) is 4. The minimum atomic E-state index is 0.570. The van der Waals surface area contributed by atoms with E-state index < -0.39 is 0 Å². The number of piperidine rings is 1. The Morgan fingerprint density at radius 2 is 2.18 bits per heavy atom. The van der Waals surface area contributed by atoms with Gasteiger partial charge in [-0.2, -0.15) is 0 Å². The standard InChI is InChI=1S/C12H19IN4/c1-10(17-5-3-2-4-6-17)7-15-12-11(13)8-14-9-16-12/h8-10H,2-7H2,1H3,(H,14,15,16). The molecule has 4 nitrogen and oxygen atoms in total. The molecule has 0 spiro atoms. The molecule has 1 N–H and O–H groups in total. The van der Waals surface area contributed by atoms with Crippen molar-refractivity contribution in [2.45, 2.75) is 32.2 Å². The molecule has 1 aliphatic rings. The van der Waals surface area contributed by atoms with E-state index in [9.17, 15) is 0 Å². The zero-order chi connectivity index (χ0) is 12.1. The van der Waals surface area contributed by atoms with Gasteiger partial charge in [0.25, 0.3) is 0 Å². The third-order valence-electron chi connectivity index (χ3n) is 3.25. The van der Waals surface area contributed by atoms with Crippen LogP contribution < -0.4 is 5.32 Å². The third-order valence-corrected chi connectivity index (χ3v) is 4.04. The maximum atomic E-state index is 4.25. The third kappa shape index (κ3) is 3.77. The molecule has 5 heteroatoms. The van der Waals surface area contributed by atoms with E-state index in [0.29, 0.717) is 6.04 Å². The van der Waals surface area contributed by atoms with Gasteiger partial charge in [-0.25, -0.2) is 9.97 Å². The Morgan fingerprint density at radius 3 is 2.88 bits per heavy atom. The van der Waals surface area contributed by atoms with Gasteiger partial charge in [-0.1, -0.05) is 6.42 Å². The monoisotopic (exact) mass is 346 g/mol. The maximum absolute atomic E-state index is 4.25. The second-order valence-electron chi connectivity index (χ2n) is 4.55. The number of nitrogens with zero attached hydrogens (tertiary/aromatic N) is 3. The van der Waals surface area contributed by atoms with Crippen molar-refractivity contribution >= 4 is 28.4 Å². The minimum absolute atomic E-state index is 0.570. The number of anilines is 1. The Bertz CT molecular complexity index is 352. The van der Waals surface area contributed by atoms with Crippen molar-refractivity contribution in [3.8, 4) is 0 Å². The summed E-state index contributed by atoms with van der Waals surface area (Å²) in [6.07, 6.45) is 7.50. The van der Waals surface area contributed by atoms with Gasteiger partial charge >= 0.3 is 0 Å². The summed E-state index contributed by atoms with van der Waals surface area (Å²) in [4.78, 5) is 10.8. The predicted octanol–water partition coefficient (Wildman–Crippen LogP) is 2.37. The fraction of sp³-hybridized carbons (Fsp3) is 0.667. The Balaban J connectivity index is 1.83. The van der Waals surface area contributed by atoms with Gasteiger partial charge in [0.05, 0.1) is 3.57 Å². The molecule has 1 unspecified atom stereocenters. The molecule has 94 valence electrons. The zero-order valence-corrected chi connectivity index (χ0v) is 12.4. The van der Waals surface area contributed by atoms with E-state index in [4.69, 9.17) is 0 Å². The van der Waals surface area contributed by atoms with E-state index in [1.165, 1.54) is 32.4 Å². The van der Waals surface area contributed by atoms with Gasteiger partial charge in [-0.05, 0) is 55.4 Å². The minimum Gasteiger partial charge on any atom is -0.368 e. The number of likely N-dealkylation sites (tertiary alicyclic amines) is 1. The molecule has 1 saturated heterocycles. The topological polar surface area (TPSA) is 41.1 Å². The lowest BCUT2D eigenvalue weighted by molar-refractivity contribution is 0.180. The highest BCUT2D eigenvalue weighted by Gasteiger charge is 2.16. The Morgan fingerprint density at radius 1 is 1.41 bits per heavy atom. The van der Waals surface area contributed by atoms with Crippen LogP contribution in [-0.2, 0) is 0 Å². The normalized spacial score (nSPS) is 18.9. The fourth-order valence-corrected chi connectivity index (χ4v) is 2.67. The molecule has 0 amide bonds.